The van der Waals surface area contributed by atoms with Gasteiger partial charge in [0.2, 0.25) is 0 Å². The first-order valence-electron chi connectivity index (χ1n) is 8.17. The van der Waals surface area contributed by atoms with Crippen LogP contribution in [-0.4, -0.2) is 57.4 Å². The number of aliphatic carboxylic acids is 1. The molecule has 0 aromatic rings. The average Bonchev–Trinajstić information content (AvgIpc) is 3.24. The molecule has 0 bridgehead atoms. The molecule has 7 nitrogen and oxygen atoms in total. The number of hydrogen-bond acceptors (Lipinski definition) is 6. The molecule has 7 heteroatoms. The number of allylic oxidation sites excluding steroid dienone is 1. The molecule has 0 saturated carbocycles. The Morgan fingerprint density at radius 1 is 1.33 bits per heavy atom. The molecule has 0 radical (unpaired) electrons. The maximum atomic E-state index is 10.6. The fourth-order valence-electron chi connectivity index (χ4n) is 2.94. The molecular formula is C17H26O7. The Balaban J connectivity index is 1.91. The van der Waals surface area contributed by atoms with E-state index in [1.807, 2.05) is 6.92 Å². The maximum absolute atomic E-state index is 10.6. The number of ether oxygens (including phenoxy) is 2. The van der Waals surface area contributed by atoms with Gasteiger partial charge in [0, 0.05) is 24.3 Å². The van der Waals surface area contributed by atoms with E-state index < -0.39 is 30.4 Å². The fraction of sp³-hybridized carbons (Fsp3) is 0.706. The molecule has 1 saturated heterocycles. The van der Waals surface area contributed by atoms with Crippen molar-refractivity contribution >= 4 is 5.97 Å². The van der Waals surface area contributed by atoms with Gasteiger partial charge in [-0.05, 0) is 20.3 Å². The van der Waals surface area contributed by atoms with Gasteiger partial charge in [0.1, 0.15) is 17.6 Å². The van der Waals surface area contributed by atoms with Crippen LogP contribution < -0.4 is 0 Å². The minimum Gasteiger partial charge on any atom is -0.478 e. The summed E-state index contributed by atoms with van der Waals surface area (Å²) in [7, 11) is 0. The van der Waals surface area contributed by atoms with E-state index in [4.69, 9.17) is 14.6 Å². The Bertz CT molecular complexity index is 537. The summed E-state index contributed by atoms with van der Waals surface area (Å²) in [6.45, 7) is 5.46. The van der Waals surface area contributed by atoms with Crippen molar-refractivity contribution in [1.82, 2.24) is 0 Å². The quantitative estimate of drug-likeness (QED) is 0.505. The van der Waals surface area contributed by atoms with Gasteiger partial charge in [-0.15, -0.1) is 0 Å². The topological polar surface area (TPSA) is 120 Å². The molecular weight excluding hydrogens is 316 g/mol. The van der Waals surface area contributed by atoms with Crippen molar-refractivity contribution in [2.24, 2.45) is 11.8 Å². The summed E-state index contributed by atoms with van der Waals surface area (Å²) in [4.78, 5) is 10.6. The highest BCUT2D eigenvalue weighted by molar-refractivity contribution is 5.80. The van der Waals surface area contributed by atoms with E-state index in [-0.39, 0.29) is 24.9 Å². The molecule has 0 aromatic heterocycles. The summed E-state index contributed by atoms with van der Waals surface area (Å²) in [5.74, 6) is 0.0448. The molecule has 0 spiro atoms. The Morgan fingerprint density at radius 3 is 2.58 bits per heavy atom. The third kappa shape index (κ3) is 4.57. The van der Waals surface area contributed by atoms with Crippen LogP contribution in [0.25, 0.3) is 0 Å². The second-order valence-corrected chi connectivity index (χ2v) is 6.77. The van der Waals surface area contributed by atoms with Gasteiger partial charge in [0.05, 0.1) is 24.9 Å². The molecule has 2 aliphatic rings. The van der Waals surface area contributed by atoms with Crippen molar-refractivity contribution in [2.45, 2.75) is 58.0 Å². The SMILES string of the molecule is C/C(=C\C(=O)O)C[C@@H]1OC[C@H](CC2=C([C@@H](C)[C@H](C)O)O2)[C@@H](O)[C@H]1O. The summed E-state index contributed by atoms with van der Waals surface area (Å²) in [6, 6.07) is 0. The highest BCUT2D eigenvalue weighted by Gasteiger charge is 2.42. The fourth-order valence-corrected chi connectivity index (χ4v) is 2.94. The Morgan fingerprint density at radius 2 is 2.00 bits per heavy atom. The van der Waals surface area contributed by atoms with Crippen LogP contribution >= 0.6 is 0 Å². The molecule has 0 unspecified atom stereocenters. The van der Waals surface area contributed by atoms with Crippen LogP contribution in [0.5, 0.6) is 0 Å². The Labute approximate surface area is 141 Å². The molecule has 2 heterocycles. The van der Waals surface area contributed by atoms with Crippen LogP contribution in [0, 0.1) is 11.8 Å². The van der Waals surface area contributed by atoms with E-state index in [0.717, 1.165) is 17.6 Å². The summed E-state index contributed by atoms with van der Waals surface area (Å²) in [6.07, 6.45) is -1.43. The Hall–Kier alpha value is -1.41. The summed E-state index contributed by atoms with van der Waals surface area (Å²) in [5, 5.41) is 38.8. The van der Waals surface area contributed by atoms with Crippen LogP contribution in [-0.2, 0) is 14.3 Å². The van der Waals surface area contributed by atoms with Gasteiger partial charge >= 0.3 is 5.97 Å². The second kappa shape index (κ2) is 7.65. The molecule has 0 amide bonds. The predicted octanol–water partition coefficient (Wildman–Crippen LogP) is 0.793. The number of hydrogen-bond donors (Lipinski definition) is 4. The zero-order valence-corrected chi connectivity index (χ0v) is 14.2. The Kier molecular flexibility index (Phi) is 6.03. The van der Waals surface area contributed by atoms with Gasteiger partial charge in [-0.25, -0.2) is 4.79 Å². The third-order valence-electron chi connectivity index (χ3n) is 4.68. The molecule has 136 valence electrons. The largest absolute Gasteiger partial charge is 0.478 e. The average molecular weight is 342 g/mol. The summed E-state index contributed by atoms with van der Waals surface area (Å²) in [5.41, 5.74) is 0.568. The van der Waals surface area contributed by atoms with Crippen LogP contribution in [0.2, 0.25) is 0 Å². The van der Waals surface area contributed by atoms with E-state index >= 15 is 0 Å². The zero-order chi connectivity index (χ0) is 18.0. The van der Waals surface area contributed by atoms with E-state index in [2.05, 4.69) is 0 Å². The van der Waals surface area contributed by atoms with Crippen molar-refractivity contribution in [3.8, 4) is 0 Å². The van der Waals surface area contributed by atoms with Crippen LogP contribution in [0.4, 0.5) is 0 Å². The standard InChI is InChI=1S/C17H26O7/c1-8(5-14(19)20)4-12-16(22)15(21)11(7-23-12)6-13-17(24-13)9(2)10(3)18/h5,9-12,15-16,18,21-22H,4,6-7H2,1-3H3,(H,19,20)/b8-5+/t9-,10-,11-,12-,15+,16-/m0/s1. The van der Waals surface area contributed by atoms with Crippen molar-refractivity contribution < 1.29 is 34.7 Å². The minimum absolute atomic E-state index is 0.0943. The van der Waals surface area contributed by atoms with E-state index in [9.17, 15) is 20.1 Å². The normalized spacial score (nSPS) is 33.0. The number of carboxylic acid groups (broad SMARTS) is 1. The first-order valence-corrected chi connectivity index (χ1v) is 8.17. The third-order valence-corrected chi connectivity index (χ3v) is 4.68. The van der Waals surface area contributed by atoms with E-state index in [0.29, 0.717) is 12.0 Å². The van der Waals surface area contributed by atoms with Crippen LogP contribution in [0.1, 0.15) is 33.6 Å². The number of rotatable bonds is 7. The van der Waals surface area contributed by atoms with Crippen molar-refractivity contribution in [1.29, 1.82) is 0 Å². The van der Waals surface area contributed by atoms with Crippen molar-refractivity contribution in [3.63, 3.8) is 0 Å². The number of aliphatic hydroxyl groups excluding tert-OH is 3. The molecule has 4 N–H and O–H groups in total. The van der Waals surface area contributed by atoms with E-state index in [1.165, 1.54) is 0 Å². The minimum atomic E-state index is -1.09. The van der Waals surface area contributed by atoms with Gasteiger partial charge in [0.15, 0.2) is 0 Å². The van der Waals surface area contributed by atoms with Gasteiger partial charge in [0.25, 0.3) is 0 Å². The number of carboxylic acids is 1. The van der Waals surface area contributed by atoms with Gasteiger partial charge in [-0.3, -0.25) is 0 Å². The lowest BCUT2D eigenvalue weighted by atomic mass is 9.87. The molecule has 0 aliphatic carbocycles. The monoisotopic (exact) mass is 342 g/mol. The van der Waals surface area contributed by atoms with Crippen molar-refractivity contribution in [3.05, 3.63) is 23.2 Å². The maximum Gasteiger partial charge on any atom is 0.328 e. The highest BCUT2D eigenvalue weighted by Crippen LogP contribution is 2.40. The lowest BCUT2D eigenvalue weighted by Crippen LogP contribution is -2.50. The summed E-state index contributed by atoms with van der Waals surface area (Å²) >= 11 is 0. The molecule has 2 aliphatic heterocycles. The second-order valence-electron chi connectivity index (χ2n) is 6.77. The molecule has 0 aromatic carbocycles. The molecule has 2 rings (SSSR count). The van der Waals surface area contributed by atoms with E-state index in [1.54, 1.807) is 13.8 Å². The lowest BCUT2D eigenvalue weighted by Gasteiger charge is -2.37. The predicted molar refractivity (Wildman–Crippen MR) is 84.8 cm³/mol. The smallest absolute Gasteiger partial charge is 0.328 e. The molecule has 24 heavy (non-hydrogen) atoms. The number of carbonyl (C=O) groups is 1. The van der Waals surface area contributed by atoms with Crippen LogP contribution in [0.3, 0.4) is 0 Å². The lowest BCUT2D eigenvalue weighted by molar-refractivity contribution is -0.163. The molecule has 6 atom stereocenters. The zero-order valence-electron chi connectivity index (χ0n) is 14.2. The van der Waals surface area contributed by atoms with Gasteiger partial charge in [-0.2, -0.15) is 0 Å². The van der Waals surface area contributed by atoms with Crippen LogP contribution in [0.15, 0.2) is 23.2 Å². The van der Waals surface area contributed by atoms with Crippen molar-refractivity contribution in [2.75, 3.05) is 6.61 Å². The first-order chi connectivity index (χ1) is 11.2. The first kappa shape index (κ1) is 18.9. The molecule has 1 fully saturated rings. The van der Waals surface area contributed by atoms with Gasteiger partial charge < -0.3 is 29.9 Å². The van der Waals surface area contributed by atoms with Gasteiger partial charge in [-0.1, -0.05) is 12.5 Å². The number of aliphatic hydroxyl groups is 3. The summed E-state index contributed by atoms with van der Waals surface area (Å²) < 4.78 is 11.0. The highest BCUT2D eigenvalue weighted by atomic mass is 16.6.